The average molecular weight is 353 g/mol. The molecule has 3 aromatic heterocycles. The number of thiophene rings is 1. The second kappa shape index (κ2) is 6.55. The highest BCUT2D eigenvalue weighted by atomic mass is 35.5. The van der Waals surface area contributed by atoms with E-state index in [1.54, 1.807) is 11.3 Å². The van der Waals surface area contributed by atoms with Gasteiger partial charge in [-0.05, 0) is 64.9 Å². The van der Waals surface area contributed by atoms with Gasteiger partial charge in [-0.15, -0.1) is 11.3 Å². The topological polar surface area (TPSA) is 50.7 Å². The van der Waals surface area contributed by atoms with Gasteiger partial charge < -0.3 is 5.32 Å². The van der Waals surface area contributed by atoms with Crippen LogP contribution in [0.25, 0.3) is 10.2 Å². The summed E-state index contributed by atoms with van der Waals surface area (Å²) in [6, 6.07) is 14.4. The lowest BCUT2D eigenvalue weighted by molar-refractivity contribution is 1.16. The third kappa shape index (κ3) is 3.22. The number of nitrogens with zero attached hydrogens (tertiary/aromatic N) is 3. The van der Waals surface area contributed by atoms with Gasteiger partial charge in [-0.1, -0.05) is 12.1 Å². The summed E-state index contributed by atoms with van der Waals surface area (Å²) in [5, 5.41) is 6.54. The molecular weight excluding hydrogens is 340 g/mol. The van der Waals surface area contributed by atoms with Gasteiger partial charge in [0.15, 0.2) is 0 Å². The van der Waals surface area contributed by atoms with Crippen LogP contribution in [0.3, 0.4) is 0 Å². The van der Waals surface area contributed by atoms with E-state index in [2.05, 4.69) is 32.4 Å². The summed E-state index contributed by atoms with van der Waals surface area (Å²) in [7, 11) is 0. The van der Waals surface area contributed by atoms with Crippen LogP contribution >= 0.6 is 22.9 Å². The van der Waals surface area contributed by atoms with E-state index in [4.69, 9.17) is 11.6 Å². The van der Waals surface area contributed by atoms with Crippen molar-refractivity contribution in [2.24, 2.45) is 0 Å². The van der Waals surface area contributed by atoms with Crippen molar-refractivity contribution in [3.8, 4) is 0 Å². The minimum atomic E-state index is 0.252. The molecule has 0 unspecified atom stereocenters. The van der Waals surface area contributed by atoms with E-state index >= 15 is 0 Å². The number of nitrogens with one attached hydrogen (secondary N) is 1. The number of fused-ring (bicyclic) bond motifs is 1. The van der Waals surface area contributed by atoms with Crippen LogP contribution in [0, 0.1) is 0 Å². The number of pyridine rings is 1. The van der Waals surface area contributed by atoms with Gasteiger partial charge in [0, 0.05) is 18.1 Å². The number of anilines is 2. The van der Waals surface area contributed by atoms with E-state index in [1.807, 2.05) is 48.1 Å². The van der Waals surface area contributed by atoms with Crippen LogP contribution in [-0.2, 0) is 6.42 Å². The largest absolute Gasteiger partial charge is 0.340 e. The van der Waals surface area contributed by atoms with E-state index < -0.39 is 0 Å². The zero-order chi connectivity index (χ0) is 16.4. The Labute approximate surface area is 148 Å². The van der Waals surface area contributed by atoms with Gasteiger partial charge in [0.25, 0.3) is 0 Å². The Morgan fingerprint density at radius 2 is 1.67 bits per heavy atom. The van der Waals surface area contributed by atoms with Crippen molar-refractivity contribution in [2.75, 3.05) is 5.32 Å². The molecule has 4 rings (SSSR count). The first kappa shape index (κ1) is 15.1. The second-order valence-electron chi connectivity index (χ2n) is 5.33. The Morgan fingerprint density at radius 3 is 2.46 bits per heavy atom. The van der Waals surface area contributed by atoms with Gasteiger partial charge in [-0.25, -0.2) is 4.98 Å². The Hall–Kier alpha value is -2.50. The lowest BCUT2D eigenvalue weighted by Crippen LogP contribution is -1.96. The number of aromatic nitrogens is 3. The lowest BCUT2D eigenvalue weighted by atomic mass is 10.1. The van der Waals surface area contributed by atoms with Gasteiger partial charge >= 0.3 is 0 Å². The summed E-state index contributed by atoms with van der Waals surface area (Å²) < 4.78 is 0. The minimum absolute atomic E-state index is 0.252. The summed E-state index contributed by atoms with van der Waals surface area (Å²) in [4.78, 5) is 13.5. The third-order valence-corrected chi connectivity index (χ3v) is 4.65. The Bertz CT molecular complexity index is 967. The molecule has 0 bridgehead atoms. The van der Waals surface area contributed by atoms with Crippen LogP contribution in [0.4, 0.5) is 11.5 Å². The molecule has 0 saturated carbocycles. The van der Waals surface area contributed by atoms with Crippen molar-refractivity contribution in [1.29, 1.82) is 0 Å². The Morgan fingerprint density at radius 1 is 0.917 bits per heavy atom. The Balaban J connectivity index is 1.56. The maximum absolute atomic E-state index is 6.00. The van der Waals surface area contributed by atoms with Crippen molar-refractivity contribution in [3.63, 3.8) is 0 Å². The zero-order valence-electron chi connectivity index (χ0n) is 12.6. The monoisotopic (exact) mass is 352 g/mol. The van der Waals surface area contributed by atoms with E-state index in [0.29, 0.717) is 0 Å². The Kier molecular flexibility index (Phi) is 4.11. The first-order valence-electron chi connectivity index (χ1n) is 7.43. The fourth-order valence-electron chi connectivity index (χ4n) is 2.50. The first-order chi connectivity index (χ1) is 11.8. The molecular formula is C18H13ClN4S. The normalized spacial score (nSPS) is 10.9. The van der Waals surface area contributed by atoms with Crippen LogP contribution in [0.15, 0.2) is 60.2 Å². The molecule has 4 nitrogen and oxygen atoms in total. The molecule has 4 aromatic rings. The molecule has 0 saturated heterocycles. The van der Waals surface area contributed by atoms with Gasteiger partial charge in [0.2, 0.25) is 5.28 Å². The number of hydrogen-bond donors (Lipinski definition) is 1. The quantitative estimate of drug-likeness (QED) is 0.521. The predicted octanol–water partition coefficient (Wildman–Crippen LogP) is 5.07. The molecule has 0 spiro atoms. The van der Waals surface area contributed by atoms with Crippen LogP contribution < -0.4 is 5.32 Å². The first-order valence-corrected chi connectivity index (χ1v) is 8.69. The third-order valence-electron chi connectivity index (χ3n) is 3.67. The lowest BCUT2D eigenvalue weighted by Gasteiger charge is -2.08. The summed E-state index contributed by atoms with van der Waals surface area (Å²) in [5.74, 6) is 0.730. The standard InChI is InChI=1S/C18H13ClN4S/c19-18-22-16(15-7-10-24-17(15)23-18)21-14-3-1-12(2-4-14)11-13-5-8-20-9-6-13/h1-10H,11H2,(H,21,22,23). The number of rotatable bonds is 4. The van der Waals surface area contributed by atoms with Gasteiger partial charge in [0.05, 0.1) is 5.39 Å². The fourth-order valence-corrected chi connectivity index (χ4v) is 3.49. The molecule has 0 fully saturated rings. The highest BCUT2D eigenvalue weighted by Crippen LogP contribution is 2.28. The molecule has 0 atom stereocenters. The average Bonchev–Trinajstić information content (AvgIpc) is 3.06. The molecule has 3 heterocycles. The molecule has 1 N–H and O–H groups in total. The van der Waals surface area contributed by atoms with Crippen molar-refractivity contribution >= 4 is 44.7 Å². The van der Waals surface area contributed by atoms with Gasteiger partial charge in [0.1, 0.15) is 10.6 Å². The number of hydrogen-bond acceptors (Lipinski definition) is 5. The van der Waals surface area contributed by atoms with Crippen LogP contribution in [0.1, 0.15) is 11.1 Å². The highest BCUT2D eigenvalue weighted by Gasteiger charge is 2.08. The summed E-state index contributed by atoms with van der Waals surface area (Å²) in [6.45, 7) is 0. The minimum Gasteiger partial charge on any atom is -0.340 e. The molecule has 0 aliphatic carbocycles. The summed E-state index contributed by atoms with van der Waals surface area (Å²) in [6.07, 6.45) is 4.52. The van der Waals surface area contributed by atoms with E-state index in [1.165, 1.54) is 11.1 Å². The van der Waals surface area contributed by atoms with Gasteiger partial charge in [-0.3, -0.25) is 4.98 Å². The molecule has 118 valence electrons. The molecule has 0 amide bonds. The smallest absolute Gasteiger partial charge is 0.225 e. The van der Waals surface area contributed by atoms with Crippen molar-refractivity contribution < 1.29 is 0 Å². The van der Waals surface area contributed by atoms with E-state index in [-0.39, 0.29) is 5.28 Å². The summed E-state index contributed by atoms with van der Waals surface area (Å²) >= 11 is 7.55. The van der Waals surface area contributed by atoms with Crippen LogP contribution in [-0.4, -0.2) is 15.0 Å². The SMILES string of the molecule is Clc1nc(Nc2ccc(Cc3ccncc3)cc2)c2ccsc2n1. The van der Waals surface area contributed by atoms with Crippen molar-refractivity contribution in [2.45, 2.75) is 6.42 Å². The predicted molar refractivity (Wildman–Crippen MR) is 99.2 cm³/mol. The molecule has 6 heteroatoms. The summed E-state index contributed by atoms with van der Waals surface area (Å²) in [5.41, 5.74) is 3.46. The fraction of sp³-hybridized carbons (Fsp3) is 0.0556. The molecule has 1 aromatic carbocycles. The van der Waals surface area contributed by atoms with Crippen LogP contribution in [0.5, 0.6) is 0 Å². The van der Waals surface area contributed by atoms with E-state index in [9.17, 15) is 0 Å². The molecule has 0 aliphatic heterocycles. The van der Waals surface area contributed by atoms with Crippen LogP contribution in [0.2, 0.25) is 5.28 Å². The van der Waals surface area contributed by atoms with Crippen molar-refractivity contribution in [3.05, 3.63) is 76.6 Å². The molecule has 0 aliphatic rings. The number of halogens is 1. The van der Waals surface area contributed by atoms with Gasteiger partial charge in [-0.2, -0.15) is 4.98 Å². The molecule has 24 heavy (non-hydrogen) atoms. The maximum atomic E-state index is 6.00. The zero-order valence-corrected chi connectivity index (χ0v) is 14.2. The molecule has 0 radical (unpaired) electrons. The van der Waals surface area contributed by atoms with E-state index in [0.717, 1.165) is 28.1 Å². The highest BCUT2D eigenvalue weighted by molar-refractivity contribution is 7.16. The second-order valence-corrected chi connectivity index (χ2v) is 6.57. The maximum Gasteiger partial charge on any atom is 0.225 e. The van der Waals surface area contributed by atoms with Crippen molar-refractivity contribution in [1.82, 2.24) is 15.0 Å². The number of benzene rings is 1.